The van der Waals surface area contributed by atoms with Gasteiger partial charge in [-0.05, 0) is 5.56 Å². The molecule has 0 saturated carbocycles. The molecule has 0 aliphatic rings. The maximum Gasteiger partial charge on any atom is 0.111 e. The Labute approximate surface area is 83.7 Å². The standard InChI is InChI=1S/C10H13NOS/c1-12-9(10(11)13)7-8-5-3-2-4-6-8/h2-6,9H,7H2,1H3,(H2,11,13). The Bertz CT molecular complexity index is 274. The lowest BCUT2D eigenvalue weighted by molar-refractivity contribution is 0.157. The number of methoxy groups -OCH3 is 1. The van der Waals surface area contributed by atoms with Gasteiger partial charge in [0.25, 0.3) is 0 Å². The van der Waals surface area contributed by atoms with Gasteiger partial charge in [0.2, 0.25) is 0 Å². The largest absolute Gasteiger partial charge is 0.391 e. The van der Waals surface area contributed by atoms with E-state index in [0.29, 0.717) is 4.99 Å². The Morgan fingerprint density at radius 1 is 1.46 bits per heavy atom. The highest BCUT2D eigenvalue weighted by Gasteiger charge is 2.10. The molecule has 1 unspecified atom stereocenters. The van der Waals surface area contributed by atoms with Gasteiger partial charge < -0.3 is 10.5 Å². The third-order valence-corrected chi connectivity index (χ3v) is 2.13. The molecule has 2 nitrogen and oxygen atoms in total. The van der Waals surface area contributed by atoms with Crippen molar-refractivity contribution in [3.8, 4) is 0 Å². The van der Waals surface area contributed by atoms with Gasteiger partial charge in [0.05, 0.1) is 0 Å². The smallest absolute Gasteiger partial charge is 0.111 e. The third kappa shape index (κ3) is 3.13. The van der Waals surface area contributed by atoms with Gasteiger partial charge in [-0.3, -0.25) is 0 Å². The highest BCUT2D eigenvalue weighted by molar-refractivity contribution is 7.80. The lowest BCUT2D eigenvalue weighted by atomic mass is 10.1. The van der Waals surface area contributed by atoms with Crippen LogP contribution < -0.4 is 5.73 Å². The van der Waals surface area contributed by atoms with Crippen LogP contribution in [-0.2, 0) is 11.2 Å². The zero-order chi connectivity index (χ0) is 9.68. The second kappa shape index (κ2) is 4.94. The van der Waals surface area contributed by atoms with Crippen LogP contribution in [0.4, 0.5) is 0 Å². The van der Waals surface area contributed by atoms with Crippen molar-refractivity contribution in [2.45, 2.75) is 12.5 Å². The summed E-state index contributed by atoms with van der Waals surface area (Å²) in [4.78, 5) is 0.409. The predicted octanol–water partition coefficient (Wildman–Crippen LogP) is 1.53. The molecule has 0 amide bonds. The summed E-state index contributed by atoms with van der Waals surface area (Å²) in [7, 11) is 1.62. The van der Waals surface area contributed by atoms with Crippen LogP contribution in [0.2, 0.25) is 0 Å². The lowest BCUT2D eigenvalue weighted by Crippen LogP contribution is -2.30. The summed E-state index contributed by atoms with van der Waals surface area (Å²) in [6.45, 7) is 0. The van der Waals surface area contributed by atoms with Gasteiger partial charge >= 0.3 is 0 Å². The minimum Gasteiger partial charge on any atom is -0.391 e. The quantitative estimate of drug-likeness (QED) is 0.740. The van der Waals surface area contributed by atoms with E-state index in [-0.39, 0.29) is 6.10 Å². The number of nitrogens with two attached hydrogens (primary N) is 1. The van der Waals surface area contributed by atoms with Gasteiger partial charge in [-0.15, -0.1) is 0 Å². The van der Waals surface area contributed by atoms with Crippen molar-refractivity contribution >= 4 is 17.2 Å². The molecule has 2 N–H and O–H groups in total. The van der Waals surface area contributed by atoms with Gasteiger partial charge in [-0.25, -0.2) is 0 Å². The van der Waals surface area contributed by atoms with E-state index in [9.17, 15) is 0 Å². The number of rotatable bonds is 4. The van der Waals surface area contributed by atoms with Crippen molar-refractivity contribution in [1.29, 1.82) is 0 Å². The summed E-state index contributed by atoms with van der Waals surface area (Å²) >= 11 is 4.87. The summed E-state index contributed by atoms with van der Waals surface area (Å²) < 4.78 is 5.15. The van der Waals surface area contributed by atoms with Crippen molar-refractivity contribution in [2.75, 3.05) is 7.11 Å². The van der Waals surface area contributed by atoms with E-state index in [0.717, 1.165) is 6.42 Å². The molecule has 0 aliphatic heterocycles. The lowest BCUT2D eigenvalue weighted by Gasteiger charge is -2.13. The van der Waals surface area contributed by atoms with Crippen LogP contribution in [0.3, 0.4) is 0 Å². The fourth-order valence-electron chi connectivity index (χ4n) is 1.13. The molecule has 1 aromatic carbocycles. The van der Waals surface area contributed by atoms with E-state index in [1.807, 2.05) is 30.3 Å². The van der Waals surface area contributed by atoms with Crippen LogP contribution in [0.5, 0.6) is 0 Å². The summed E-state index contributed by atoms with van der Waals surface area (Å²) in [5.41, 5.74) is 6.68. The molecule has 1 atom stereocenters. The molecule has 0 saturated heterocycles. The van der Waals surface area contributed by atoms with Crippen LogP contribution in [0.1, 0.15) is 5.56 Å². The van der Waals surface area contributed by atoms with Crippen molar-refractivity contribution in [1.82, 2.24) is 0 Å². The second-order valence-corrected chi connectivity index (χ2v) is 3.29. The first-order valence-corrected chi connectivity index (χ1v) is 4.51. The van der Waals surface area contributed by atoms with Gasteiger partial charge in [-0.1, -0.05) is 42.5 Å². The Morgan fingerprint density at radius 2 is 2.08 bits per heavy atom. The molecule has 0 aliphatic carbocycles. The van der Waals surface area contributed by atoms with Gasteiger partial charge in [0, 0.05) is 13.5 Å². The topological polar surface area (TPSA) is 35.2 Å². The van der Waals surface area contributed by atoms with Crippen LogP contribution >= 0.6 is 12.2 Å². The van der Waals surface area contributed by atoms with Crippen molar-refractivity contribution in [3.05, 3.63) is 35.9 Å². The Balaban J connectivity index is 2.62. The number of benzene rings is 1. The van der Waals surface area contributed by atoms with E-state index in [2.05, 4.69) is 0 Å². The monoisotopic (exact) mass is 195 g/mol. The van der Waals surface area contributed by atoms with Gasteiger partial charge in [0.15, 0.2) is 0 Å². The van der Waals surface area contributed by atoms with E-state index >= 15 is 0 Å². The zero-order valence-corrected chi connectivity index (χ0v) is 8.38. The molecule has 13 heavy (non-hydrogen) atoms. The van der Waals surface area contributed by atoms with E-state index in [1.165, 1.54) is 5.56 Å². The molecule has 70 valence electrons. The maximum absolute atomic E-state index is 5.50. The average molecular weight is 195 g/mol. The minimum atomic E-state index is -0.155. The summed E-state index contributed by atoms with van der Waals surface area (Å²) in [6, 6.07) is 10.0. The van der Waals surface area contributed by atoms with Crippen molar-refractivity contribution in [2.24, 2.45) is 5.73 Å². The Kier molecular flexibility index (Phi) is 3.86. The first-order valence-electron chi connectivity index (χ1n) is 4.10. The summed E-state index contributed by atoms with van der Waals surface area (Å²) in [5.74, 6) is 0. The van der Waals surface area contributed by atoms with Crippen LogP contribution in [0.15, 0.2) is 30.3 Å². The predicted molar refractivity (Wildman–Crippen MR) is 57.7 cm³/mol. The highest BCUT2D eigenvalue weighted by Crippen LogP contribution is 2.05. The maximum atomic E-state index is 5.50. The van der Waals surface area contributed by atoms with Crippen LogP contribution in [-0.4, -0.2) is 18.2 Å². The van der Waals surface area contributed by atoms with Crippen LogP contribution in [0.25, 0.3) is 0 Å². The van der Waals surface area contributed by atoms with E-state index in [4.69, 9.17) is 22.7 Å². The molecule has 0 heterocycles. The highest BCUT2D eigenvalue weighted by atomic mass is 32.1. The van der Waals surface area contributed by atoms with Crippen molar-refractivity contribution < 1.29 is 4.74 Å². The first-order chi connectivity index (χ1) is 6.24. The molecule has 0 aromatic heterocycles. The van der Waals surface area contributed by atoms with Gasteiger partial charge in [0.1, 0.15) is 11.1 Å². The molecule has 0 fully saturated rings. The minimum absolute atomic E-state index is 0.155. The summed E-state index contributed by atoms with van der Waals surface area (Å²) in [5, 5.41) is 0. The first kappa shape index (κ1) is 10.2. The second-order valence-electron chi connectivity index (χ2n) is 2.82. The normalized spacial score (nSPS) is 12.4. The molecule has 0 bridgehead atoms. The van der Waals surface area contributed by atoms with Gasteiger partial charge in [-0.2, -0.15) is 0 Å². The molecule has 1 rings (SSSR count). The van der Waals surface area contributed by atoms with E-state index in [1.54, 1.807) is 7.11 Å². The molecule has 1 aromatic rings. The Hall–Kier alpha value is -0.930. The third-order valence-electron chi connectivity index (χ3n) is 1.87. The molecule has 3 heteroatoms. The SMILES string of the molecule is COC(Cc1ccccc1)C(N)=S. The fourth-order valence-corrected chi connectivity index (χ4v) is 1.31. The molecular weight excluding hydrogens is 182 g/mol. The zero-order valence-electron chi connectivity index (χ0n) is 7.57. The molecular formula is C10H13NOS. The Morgan fingerprint density at radius 3 is 2.54 bits per heavy atom. The van der Waals surface area contributed by atoms with Crippen molar-refractivity contribution in [3.63, 3.8) is 0 Å². The average Bonchev–Trinajstić information content (AvgIpc) is 2.15. The number of hydrogen-bond acceptors (Lipinski definition) is 2. The number of thiocarbonyl (C=S) groups is 1. The summed E-state index contributed by atoms with van der Waals surface area (Å²) in [6.07, 6.45) is 0.588. The number of ether oxygens (including phenoxy) is 1. The molecule has 0 spiro atoms. The van der Waals surface area contributed by atoms with E-state index < -0.39 is 0 Å². The molecule has 0 radical (unpaired) electrons. The van der Waals surface area contributed by atoms with Crippen LogP contribution in [0, 0.1) is 0 Å². The fraction of sp³-hybridized carbons (Fsp3) is 0.300. The number of hydrogen-bond donors (Lipinski definition) is 1.